The highest BCUT2D eigenvalue weighted by Gasteiger charge is 2.43. The zero-order valence-corrected chi connectivity index (χ0v) is 18.2. The number of anilines is 1. The van der Waals surface area contributed by atoms with E-state index < -0.39 is 0 Å². The minimum Gasteiger partial charge on any atom is -0.508 e. The molecule has 0 saturated heterocycles. The van der Waals surface area contributed by atoms with Gasteiger partial charge in [-0.05, 0) is 47.5 Å². The molecule has 2 aromatic heterocycles. The fraction of sp³-hybridized carbons (Fsp3) is 0.231. The number of fused-ring (bicyclic) bond motifs is 3. The molecule has 0 bridgehead atoms. The molecule has 7 nitrogen and oxygen atoms in total. The molecule has 166 valence electrons. The van der Waals surface area contributed by atoms with Crippen LogP contribution < -0.4 is 16.0 Å². The van der Waals surface area contributed by atoms with Gasteiger partial charge >= 0.3 is 0 Å². The van der Waals surface area contributed by atoms with Crippen LogP contribution in [0.25, 0.3) is 10.9 Å². The first-order valence-corrected chi connectivity index (χ1v) is 11.2. The number of hydrogen-bond donors (Lipinski definition) is 4. The van der Waals surface area contributed by atoms with Gasteiger partial charge in [0.2, 0.25) is 0 Å². The smallest absolute Gasteiger partial charge is 0.252 e. The van der Waals surface area contributed by atoms with E-state index >= 15 is 0 Å². The molecule has 0 aliphatic carbocycles. The molecule has 2 aliphatic heterocycles. The van der Waals surface area contributed by atoms with Gasteiger partial charge in [-0.25, -0.2) is 0 Å². The number of benzene rings is 2. The number of phenols is 1. The van der Waals surface area contributed by atoms with Crippen LogP contribution in [0.15, 0.2) is 67.0 Å². The van der Waals surface area contributed by atoms with Crippen molar-refractivity contribution in [2.75, 3.05) is 11.9 Å². The third kappa shape index (κ3) is 3.32. The number of para-hydroxylation sites is 1. The third-order valence-corrected chi connectivity index (χ3v) is 6.85. The molecule has 2 aromatic carbocycles. The van der Waals surface area contributed by atoms with E-state index in [4.69, 9.17) is 0 Å². The second-order valence-corrected chi connectivity index (χ2v) is 8.88. The SMILES string of the molecule is Cn1ccc2cnc(CNCC3Nc4ccccc4C3C3NC(=O)c4ccc(O)cc43)cc21. The second kappa shape index (κ2) is 7.64. The zero-order valence-electron chi connectivity index (χ0n) is 18.2. The van der Waals surface area contributed by atoms with Gasteiger partial charge in [-0.2, -0.15) is 0 Å². The summed E-state index contributed by atoms with van der Waals surface area (Å²) >= 11 is 0. The van der Waals surface area contributed by atoms with Crippen LogP contribution in [0, 0.1) is 0 Å². The first-order chi connectivity index (χ1) is 16.1. The van der Waals surface area contributed by atoms with Crippen molar-refractivity contribution >= 4 is 22.5 Å². The average Bonchev–Trinajstić information content (AvgIpc) is 3.47. The van der Waals surface area contributed by atoms with Crippen LogP contribution in [0.2, 0.25) is 0 Å². The summed E-state index contributed by atoms with van der Waals surface area (Å²) in [6.07, 6.45) is 3.95. The molecular formula is C26H25N5O2. The fourth-order valence-electron chi connectivity index (χ4n) is 5.27. The van der Waals surface area contributed by atoms with Crippen molar-refractivity contribution in [3.8, 4) is 5.75 Å². The van der Waals surface area contributed by atoms with Gasteiger partial charge in [0, 0.05) is 61.1 Å². The molecule has 4 N–H and O–H groups in total. The number of phenolic OH excluding ortho intramolecular Hbond substituents is 1. The van der Waals surface area contributed by atoms with Gasteiger partial charge < -0.3 is 25.6 Å². The van der Waals surface area contributed by atoms with Crippen molar-refractivity contribution < 1.29 is 9.90 Å². The Balaban J connectivity index is 1.25. The minimum absolute atomic E-state index is 0.0315. The van der Waals surface area contributed by atoms with Gasteiger partial charge in [-0.3, -0.25) is 9.78 Å². The van der Waals surface area contributed by atoms with E-state index in [1.807, 2.05) is 31.6 Å². The molecule has 0 spiro atoms. The predicted molar refractivity (Wildman–Crippen MR) is 127 cm³/mol. The molecule has 7 heteroatoms. The molecule has 1 amide bonds. The lowest BCUT2D eigenvalue weighted by molar-refractivity contribution is 0.0951. The normalized spacial score (nSPS) is 21.0. The first-order valence-electron chi connectivity index (χ1n) is 11.2. The molecule has 33 heavy (non-hydrogen) atoms. The largest absolute Gasteiger partial charge is 0.508 e. The van der Waals surface area contributed by atoms with Gasteiger partial charge in [0.25, 0.3) is 5.91 Å². The van der Waals surface area contributed by atoms with Crippen molar-refractivity contribution in [1.82, 2.24) is 20.2 Å². The van der Waals surface area contributed by atoms with Crippen molar-refractivity contribution in [3.05, 3.63) is 89.4 Å². The molecular weight excluding hydrogens is 414 g/mol. The quantitative estimate of drug-likeness (QED) is 0.383. The summed E-state index contributed by atoms with van der Waals surface area (Å²) in [6.45, 7) is 1.35. The number of nitrogens with one attached hydrogen (secondary N) is 3. The Labute approximate surface area is 191 Å². The highest BCUT2D eigenvalue weighted by molar-refractivity contribution is 5.99. The molecule has 0 fully saturated rings. The van der Waals surface area contributed by atoms with Crippen LogP contribution in [0.4, 0.5) is 5.69 Å². The highest BCUT2D eigenvalue weighted by Crippen LogP contribution is 2.46. The standard InChI is InChI=1S/C26H25N5O2/c1-31-9-8-15-12-28-16(10-23(15)31)13-27-14-22-24(19-4-2-3-5-21(19)29-22)25-20-11-17(32)6-7-18(20)26(33)30-25/h2-12,22,24-25,27,29,32H,13-14H2,1H3,(H,30,33). The highest BCUT2D eigenvalue weighted by atomic mass is 16.3. The van der Waals surface area contributed by atoms with E-state index in [2.05, 4.69) is 49.8 Å². The molecule has 4 heterocycles. The van der Waals surface area contributed by atoms with Crippen molar-refractivity contribution in [3.63, 3.8) is 0 Å². The Hall–Kier alpha value is -3.84. The molecule has 4 aromatic rings. The lowest BCUT2D eigenvalue weighted by Crippen LogP contribution is -2.38. The van der Waals surface area contributed by atoms with Crippen LogP contribution in [0.5, 0.6) is 5.75 Å². The lowest BCUT2D eigenvalue weighted by atomic mass is 9.84. The Morgan fingerprint density at radius 1 is 1.09 bits per heavy atom. The number of carbonyl (C=O) groups excluding carboxylic acids is 1. The maximum Gasteiger partial charge on any atom is 0.252 e. The Morgan fingerprint density at radius 3 is 2.88 bits per heavy atom. The van der Waals surface area contributed by atoms with Gasteiger partial charge in [0.1, 0.15) is 5.75 Å². The van der Waals surface area contributed by atoms with Crippen molar-refractivity contribution in [2.45, 2.75) is 24.5 Å². The number of pyridine rings is 1. The van der Waals surface area contributed by atoms with Gasteiger partial charge in [0.05, 0.1) is 17.3 Å². The van der Waals surface area contributed by atoms with Crippen molar-refractivity contribution in [1.29, 1.82) is 0 Å². The van der Waals surface area contributed by atoms with Gasteiger partial charge in [0.15, 0.2) is 0 Å². The minimum atomic E-state index is -0.208. The van der Waals surface area contributed by atoms with Gasteiger partial charge in [-0.1, -0.05) is 18.2 Å². The van der Waals surface area contributed by atoms with E-state index in [1.165, 1.54) is 5.56 Å². The summed E-state index contributed by atoms with van der Waals surface area (Å²) in [6, 6.07) is 17.3. The summed E-state index contributed by atoms with van der Waals surface area (Å²) in [4.78, 5) is 17.2. The monoisotopic (exact) mass is 439 g/mol. The predicted octanol–water partition coefficient (Wildman–Crippen LogP) is 3.43. The molecule has 3 unspecified atom stereocenters. The maximum absolute atomic E-state index is 12.6. The number of nitrogens with zero attached hydrogens (tertiary/aromatic N) is 2. The lowest BCUT2D eigenvalue weighted by Gasteiger charge is -2.27. The van der Waals surface area contributed by atoms with Gasteiger partial charge in [-0.15, -0.1) is 0 Å². The molecule has 3 atom stereocenters. The number of amides is 1. The molecule has 0 saturated carbocycles. The fourth-order valence-corrected chi connectivity index (χ4v) is 5.27. The van der Waals surface area contributed by atoms with Crippen molar-refractivity contribution in [2.24, 2.45) is 7.05 Å². The van der Waals surface area contributed by atoms with Crippen LogP contribution in [-0.2, 0) is 13.6 Å². The third-order valence-electron chi connectivity index (χ3n) is 6.85. The number of aromatic nitrogens is 2. The van der Waals surface area contributed by atoms with Crippen LogP contribution in [-0.4, -0.2) is 33.2 Å². The Bertz CT molecular complexity index is 1380. The number of hydrogen-bond acceptors (Lipinski definition) is 5. The zero-order chi connectivity index (χ0) is 22.5. The summed E-state index contributed by atoms with van der Waals surface area (Å²) in [5.41, 5.74) is 5.89. The Morgan fingerprint density at radius 2 is 1.97 bits per heavy atom. The summed E-state index contributed by atoms with van der Waals surface area (Å²) in [5, 5.41) is 21.6. The molecule has 6 rings (SSSR count). The van der Waals surface area contributed by atoms with E-state index in [0.29, 0.717) is 18.7 Å². The summed E-state index contributed by atoms with van der Waals surface area (Å²) in [7, 11) is 2.04. The first kappa shape index (κ1) is 19.8. The van der Waals surface area contributed by atoms with E-state index in [-0.39, 0.29) is 29.7 Å². The second-order valence-electron chi connectivity index (χ2n) is 8.88. The van der Waals surface area contributed by atoms with E-state index in [0.717, 1.165) is 27.8 Å². The van der Waals surface area contributed by atoms with E-state index in [1.54, 1.807) is 18.2 Å². The van der Waals surface area contributed by atoms with Crippen LogP contribution in [0.3, 0.4) is 0 Å². The van der Waals surface area contributed by atoms with Crippen LogP contribution in [0.1, 0.15) is 39.1 Å². The number of rotatable bonds is 5. The topological polar surface area (TPSA) is 91.2 Å². The number of aryl methyl sites for hydroxylation is 1. The maximum atomic E-state index is 12.6. The summed E-state index contributed by atoms with van der Waals surface area (Å²) < 4.78 is 2.10. The number of carbonyl (C=O) groups is 1. The van der Waals surface area contributed by atoms with E-state index in [9.17, 15) is 9.90 Å². The Kier molecular flexibility index (Phi) is 4.58. The number of aromatic hydroxyl groups is 1. The molecule has 2 aliphatic rings. The summed E-state index contributed by atoms with van der Waals surface area (Å²) in [5.74, 6) is 0.112. The van der Waals surface area contributed by atoms with Crippen LogP contribution >= 0.6 is 0 Å². The average molecular weight is 440 g/mol. The molecule has 0 radical (unpaired) electrons.